The van der Waals surface area contributed by atoms with E-state index < -0.39 is 0 Å². The van der Waals surface area contributed by atoms with E-state index in [0.717, 1.165) is 15.8 Å². The van der Waals surface area contributed by atoms with E-state index in [1.165, 1.54) is 0 Å². The van der Waals surface area contributed by atoms with E-state index in [0.29, 0.717) is 17.2 Å². The van der Waals surface area contributed by atoms with Crippen molar-refractivity contribution in [2.45, 2.75) is 6.04 Å². The van der Waals surface area contributed by atoms with Gasteiger partial charge in [-0.05, 0) is 24.3 Å². The molecule has 0 bridgehead atoms. The molecule has 0 spiro atoms. The van der Waals surface area contributed by atoms with E-state index in [2.05, 4.69) is 21.2 Å². The van der Waals surface area contributed by atoms with Crippen molar-refractivity contribution < 1.29 is 9.53 Å². The number of hydrogen-bond donors (Lipinski definition) is 1. The molecular formula is C15H11BrClNO2. The number of carbonyl (C=O) groups is 1. The molecule has 1 N–H and O–H groups in total. The van der Waals surface area contributed by atoms with E-state index in [9.17, 15) is 4.79 Å². The van der Waals surface area contributed by atoms with Gasteiger partial charge in [-0.1, -0.05) is 45.7 Å². The highest BCUT2D eigenvalue weighted by atomic mass is 79.9. The average Bonchev–Trinajstić information content (AvgIpc) is 2.81. The summed E-state index contributed by atoms with van der Waals surface area (Å²) >= 11 is 9.29. The summed E-state index contributed by atoms with van der Waals surface area (Å²) in [6.07, 6.45) is 0. The summed E-state index contributed by atoms with van der Waals surface area (Å²) in [5.74, 6) is 0.656. The van der Waals surface area contributed by atoms with Crippen LogP contribution >= 0.6 is 27.5 Å². The SMILES string of the molecule is O=C(NC1COc2ccccc21)c1cc(Cl)cc(Br)c1. The van der Waals surface area contributed by atoms with Gasteiger partial charge in [-0.15, -0.1) is 0 Å². The molecule has 5 heteroatoms. The first-order valence-electron chi connectivity index (χ1n) is 6.12. The number of amides is 1. The average molecular weight is 353 g/mol. The lowest BCUT2D eigenvalue weighted by Crippen LogP contribution is -2.29. The molecule has 0 radical (unpaired) electrons. The second-order valence-electron chi connectivity index (χ2n) is 4.53. The Morgan fingerprint density at radius 3 is 2.90 bits per heavy atom. The highest BCUT2D eigenvalue weighted by molar-refractivity contribution is 9.10. The predicted octanol–water partition coefficient (Wildman–Crippen LogP) is 3.97. The molecule has 0 saturated heterocycles. The lowest BCUT2D eigenvalue weighted by molar-refractivity contribution is 0.0930. The molecule has 0 saturated carbocycles. The minimum absolute atomic E-state index is 0.128. The summed E-state index contributed by atoms with van der Waals surface area (Å²) in [4.78, 5) is 12.3. The van der Waals surface area contributed by atoms with Crippen LogP contribution in [-0.4, -0.2) is 12.5 Å². The third-order valence-corrected chi connectivity index (χ3v) is 3.81. The monoisotopic (exact) mass is 351 g/mol. The standard InChI is InChI=1S/C15H11BrClNO2/c16-10-5-9(6-11(17)7-10)15(19)18-13-8-20-14-4-2-1-3-12(13)14/h1-7,13H,8H2,(H,18,19). The molecule has 1 heterocycles. The third-order valence-electron chi connectivity index (χ3n) is 3.13. The summed E-state index contributed by atoms with van der Waals surface area (Å²) < 4.78 is 6.32. The van der Waals surface area contributed by atoms with Crippen LogP contribution in [0.3, 0.4) is 0 Å². The van der Waals surface area contributed by atoms with Crippen LogP contribution in [0.2, 0.25) is 5.02 Å². The Kier molecular flexibility index (Phi) is 3.68. The first kappa shape index (κ1) is 13.5. The van der Waals surface area contributed by atoms with Gasteiger partial charge < -0.3 is 10.1 Å². The Morgan fingerprint density at radius 2 is 2.10 bits per heavy atom. The minimum atomic E-state index is -0.168. The van der Waals surface area contributed by atoms with Gasteiger partial charge in [0.05, 0.1) is 6.04 Å². The maximum Gasteiger partial charge on any atom is 0.251 e. The summed E-state index contributed by atoms with van der Waals surface area (Å²) in [6, 6.07) is 12.7. The van der Waals surface area contributed by atoms with Crippen molar-refractivity contribution in [3.8, 4) is 5.75 Å². The van der Waals surface area contributed by atoms with Crippen LogP contribution in [-0.2, 0) is 0 Å². The zero-order chi connectivity index (χ0) is 14.1. The maximum atomic E-state index is 12.3. The number of fused-ring (bicyclic) bond motifs is 1. The van der Waals surface area contributed by atoms with Crippen molar-refractivity contribution in [3.05, 3.63) is 63.1 Å². The Hall–Kier alpha value is -1.52. The van der Waals surface area contributed by atoms with E-state index >= 15 is 0 Å². The smallest absolute Gasteiger partial charge is 0.251 e. The number of ether oxygens (including phenoxy) is 1. The molecule has 2 aromatic rings. The maximum absolute atomic E-state index is 12.3. The van der Waals surface area contributed by atoms with E-state index in [1.807, 2.05) is 24.3 Å². The van der Waals surface area contributed by atoms with Crippen molar-refractivity contribution in [3.63, 3.8) is 0 Å². The van der Waals surface area contributed by atoms with Gasteiger partial charge in [0.1, 0.15) is 12.4 Å². The molecule has 20 heavy (non-hydrogen) atoms. The van der Waals surface area contributed by atoms with Gasteiger partial charge in [-0.3, -0.25) is 4.79 Å². The fraction of sp³-hybridized carbons (Fsp3) is 0.133. The first-order valence-corrected chi connectivity index (χ1v) is 7.29. The van der Waals surface area contributed by atoms with Gasteiger partial charge in [0.15, 0.2) is 0 Å². The van der Waals surface area contributed by atoms with Crippen molar-refractivity contribution >= 4 is 33.4 Å². The quantitative estimate of drug-likeness (QED) is 0.888. The zero-order valence-corrected chi connectivity index (χ0v) is 12.7. The largest absolute Gasteiger partial charge is 0.491 e. The first-order chi connectivity index (χ1) is 9.63. The fourth-order valence-electron chi connectivity index (χ4n) is 2.21. The van der Waals surface area contributed by atoms with Crippen molar-refractivity contribution in [1.29, 1.82) is 0 Å². The van der Waals surface area contributed by atoms with Crippen LogP contribution in [0.15, 0.2) is 46.9 Å². The highest BCUT2D eigenvalue weighted by Crippen LogP contribution is 2.32. The van der Waals surface area contributed by atoms with Crippen LogP contribution in [0.5, 0.6) is 5.75 Å². The summed E-state index contributed by atoms with van der Waals surface area (Å²) in [6.45, 7) is 0.451. The predicted molar refractivity (Wildman–Crippen MR) is 81.3 cm³/mol. The molecule has 1 unspecified atom stereocenters. The van der Waals surface area contributed by atoms with Crippen LogP contribution in [0, 0.1) is 0 Å². The van der Waals surface area contributed by atoms with Crippen LogP contribution < -0.4 is 10.1 Å². The van der Waals surface area contributed by atoms with Gasteiger partial charge in [-0.25, -0.2) is 0 Å². The Balaban J connectivity index is 1.80. The topological polar surface area (TPSA) is 38.3 Å². The van der Waals surface area contributed by atoms with Crippen molar-refractivity contribution in [2.75, 3.05) is 6.61 Å². The van der Waals surface area contributed by atoms with Gasteiger partial charge in [0.2, 0.25) is 0 Å². The lowest BCUT2D eigenvalue weighted by Gasteiger charge is -2.12. The molecule has 3 nitrogen and oxygen atoms in total. The number of benzene rings is 2. The molecule has 3 rings (SSSR count). The number of rotatable bonds is 2. The Bertz CT molecular complexity index is 654. The van der Waals surface area contributed by atoms with Gasteiger partial charge >= 0.3 is 0 Å². The molecular weight excluding hydrogens is 342 g/mol. The summed E-state index contributed by atoms with van der Waals surface area (Å²) in [5.41, 5.74) is 1.52. The molecule has 0 aromatic heterocycles. The Morgan fingerprint density at radius 1 is 1.30 bits per heavy atom. The van der Waals surface area contributed by atoms with Crippen molar-refractivity contribution in [1.82, 2.24) is 5.32 Å². The van der Waals surface area contributed by atoms with Gasteiger partial charge in [0, 0.05) is 20.6 Å². The van der Waals surface area contributed by atoms with E-state index in [-0.39, 0.29) is 11.9 Å². The second kappa shape index (κ2) is 5.46. The van der Waals surface area contributed by atoms with Gasteiger partial charge in [-0.2, -0.15) is 0 Å². The molecule has 1 atom stereocenters. The lowest BCUT2D eigenvalue weighted by atomic mass is 10.1. The van der Waals surface area contributed by atoms with Crippen LogP contribution in [0.4, 0.5) is 0 Å². The van der Waals surface area contributed by atoms with Crippen LogP contribution in [0.1, 0.15) is 22.0 Å². The van der Waals surface area contributed by atoms with E-state index in [4.69, 9.17) is 16.3 Å². The normalized spacial score (nSPS) is 16.4. The molecule has 1 aliphatic heterocycles. The molecule has 102 valence electrons. The van der Waals surface area contributed by atoms with Crippen molar-refractivity contribution in [2.24, 2.45) is 0 Å². The van der Waals surface area contributed by atoms with E-state index in [1.54, 1.807) is 18.2 Å². The minimum Gasteiger partial charge on any atom is -0.491 e. The Labute approximate surface area is 130 Å². The molecule has 1 amide bonds. The number of halogens is 2. The number of nitrogens with one attached hydrogen (secondary N) is 1. The molecule has 1 aliphatic rings. The number of carbonyl (C=O) groups excluding carboxylic acids is 1. The van der Waals surface area contributed by atoms with Crippen LogP contribution in [0.25, 0.3) is 0 Å². The molecule has 0 fully saturated rings. The third kappa shape index (κ3) is 2.67. The number of hydrogen-bond acceptors (Lipinski definition) is 2. The second-order valence-corrected chi connectivity index (χ2v) is 5.89. The van der Waals surface area contributed by atoms with Gasteiger partial charge in [0.25, 0.3) is 5.91 Å². The summed E-state index contributed by atoms with van der Waals surface area (Å²) in [7, 11) is 0. The molecule has 2 aromatic carbocycles. The molecule has 0 aliphatic carbocycles. The summed E-state index contributed by atoms with van der Waals surface area (Å²) in [5, 5.41) is 3.48. The number of para-hydroxylation sites is 1. The highest BCUT2D eigenvalue weighted by Gasteiger charge is 2.25. The zero-order valence-electron chi connectivity index (χ0n) is 10.4. The fourth-order valence-corrected chi connectivity index (χ4v) is 3.07.